The van der Waals surface area contributed by atoms with Crippen molar-refractivity contribution in [2.75, 3.05) is 50.8 Å². The molecular formula is C12H28N2O2S. The summed E-state index contributed by atoms with van der Waals surface area (Å²) in [5.41, 5.74) is 0. The van der Waals surface area contributed by atoms with Crippen LogP contribution in [0.2, 0.25) is 0 Å². The maximum absolute atomic E-state index is 9.78. The highest BCUT2D eigenvalue weighted by Crippen LogP contribution is 2.00. The molecule has 0 aromatic rings. The van der Waals surface area contributed by atoms with Crippen LogP contribution in [0.25, 0.3) is 0 Å². The van der Waals surface area contributed by atoms with E-state index in [1.807, 2.05) is 11.8 Å². The quantitative estimate of drug-likeness (QED) is 0.445. The summed E-state index contributed by atoms with van der Waals surface area (Å²) in [6, 6.07) is 0. The molecule has 0 aromatic carbocycles. The summed E-state index contributed by atoms with van der Waals surface area (Å²) < 4.78 is 0. The number of aliphatic hydroxyl groups is 2. The number of nitrogens with one attached hydrogen (secondary N) is 1. The van der Waals surface area contributed by atoms with Crippen LogP contribution in [0, 0.1) is 0 Å². The van der Waals surface area contributed by atoms with E-state index < -0.39 is 0 Å². The molecule has 0 rings (SSSR count). The molecule has 0 radical (unpaired) electrons. The van der Waals surface area contributed by atoms with E-state index in [1.54, 1.807) is 0 Å². The molecule has 0 saturated carbocycles. The van der Waals surface area contributed by atoms with Crippen molar-refractivity contribution in [1.82, 2.24) is 10.2 Å². The third kappa shape index (κ3) is 11.0. The van der Waals surface area contributed by atoms with Crippen molar-refractivity contribution >= 4 is 11.8 Å². The summed E-state index contributed by atoms with van der Waals surface area (Å²) in [6.45, 7) is 8.82. The fourth-order valence-corrected chi connectivity index (χ4v) is 2.35. The Morgan fingerprint density at radius 2 is 1.94 bits per heavy atom. The normalized spacial score (nSPS) is 13.2. The van der Waals surface area contributed by atoms with Gasteiger partial charge in [-0.05, 0) is 25.3 Å². The largest absolute Gasteiger partial charge is 0.396 e. The zero-order chi connectivity index (χ0) is 12.9. The lowest BCUT2D eigenvalue weighted by molar-refractivity contribution is 0.117. The highest BCUT2D eigenvalue weighted by Gasteiger charge is 2.07. The molecule has 5 heteroatoms. The van der Waals surface area contributed by atoms with Gasteiger partial charge >= 0.3 is 0 Å². The number of hydrogen-bond acceptors (Lipinski definition) is 5. The van der Waals surface area contributed by atoms with Crippen LogP contribution < -0.4 is 5.32 Å². The summed E-state index contributed by atoms with van der Waals surface area (Å²) >= 11 is 1.84. The van der Waals surface area contributed by atoms with Gasteiger partial charge < -0.3 is 20.4 Å². The van der Waals surface area contributed by atoms with Crippen LogP contribution in [-0.2, 0) is 0 Å². The third-order valence-electron chi connectivity index (χ3n) is 2.61. The molecule has 17 heavy (non-hydrogen) atoms. The molecule has 0 aliphatic heterocycles. The minimum Gasteiger partial charge on any atom is -0.396 e. The first-order valence-electron chi connectivity index (χ1n) is 6.54. The summed E-state index contributed by atoms with van der Waals surface area (Å²) in [7, 11) is 0. The van der Waals surface area contributed by atoms with Gasteiger partial charge in [-0.3, -0.25) is 0 Å². The molecule has 0 heterocycles. The molecule has 0 amide bonds. The first-order valence-corrected chi connectivity index (χ1v) is 7.69. The molecule has 0 fully saturated rings. The van der Waals surface area contributed by atoms with E-state index >= 15 is 0 Å². The SMILES string of the molecule is CCN(CC)CC(O)CNCCSCCCO. The van der Waals surface area contributed by atoms with Crippen LogP contribution in [0.15, 0.2) is 0 Å². The van der Waals surface area contributed by atoms with Crippen molar-refractivity contribution in [3.05, 3.63) is 0 Å². The van der Waals surface area contributed by atoms with Crippen LogP contribution in [0.1, 0.15) is 20.3 Å². The number of rotatable bonds is 12. The van der Waals surface area contributed by atoms with E-state index in [1.165, 1.54) is 0 Å². The minimum atomic E-state index is -0.280. The van der Waals surface area contributed by atoms with Gasteiger partial charge in [-0.15, -0.1) is 0 Å². The fourth-order valence-electron chi connectivity index (χ4n) is 1.53. The molecule has 0 aromatic heterocycles. The highest BCUT2D eigenvalue weighted by molar-refractivity contribution is 7.99. The van der Waals surface area contributed by atoms with Crippen LogP contribution in [0.5, 0.6) is 0 Å². The summed E-state index contributed by atoms with van der Waals surface area (Å²) in [6.07, 6.45) is 0.590. The third-order valence-corrected chi connectivity index (χ3v) is 3.68. The Kier molecular flexibility index (Phi) is 12.8. The van der Waals surface area contributed by atoms with Crippen molar-refractivity contribution in [2.45, 2.75) is 26.4 Å². The molecule has 3 N–H and O–H groups in total. The second kappa shape index (κ2) is 12.6. The van der Waals surface area contributed by atoms with Crippen molar-refractivity contribution in [2.24, 2.45) is 0 Å². The van der Waals surface area contributed by atoms with Crippen molar-refractivity contribution in [3.8, 4) is 0 Å². The van der Waals surface area contributed by atoms with E-state index in [0.717, 1.165) is 44.1 Å². The molecule has 104 valence electrons. The van der Waals surface area contributed by atoms with E-state index in [9.17, 15) is 5.11 Å². The van der Waals surface area contributed by atoms with Crippen LogP contribution in [0.3, 0.4) is 0 Å². The van der Waals surface area contributed by atoms with Gasteiger partial charge in [-0.1, -0.05) is 13.8 Å². The Balaban J connectivity index is 3.29. The number of thioether (sulfide) groups is 1. The van der Waals surface area contributed by atoms with Crippen molar-refractivity contribution in [1.29, 1.82) is 0 Å². The second-order valence-corrected chi connectivity index (χ2v) is 5.26. The first-order chi connectivity index (χ1) is 8.24. The first kappa shape index (κ1) is 17.2. The Morgan fingerprint density at radius 3 is 2.53 bits per heavy atom. The van der Waals surface area contributed by atoms with E-state index in [-0.39, 0.29) is 12.7 Å². The Labute approximate surface area is 110 Å². The maximum Gasteiger partial charge on any atom is 0.0791 e. The predicted octanol–water partition coefficient (Wildman–Crippen LogP) is 0.394. The number of likely N-dealkylation sites (N-methyl/N-ethyl adjacent to an activating group) is 1. The Bertz CT molecular complexity index is 157. The van der Waals surface area contributed by atoms with Crippen molar-refractivity contribution in [3.63, 3.8) is 0 Å². The lowest BCUT2D eigenvalue weighted by Gasteiger charge is -2.22. The van der Waals surface area contributed by atoms with Crippen LogP contribution >= 0.6 is 11.8 Å². The molecule has 1 unspecified atom stereocenters. The summed E-state index contributed by atoms with van der Waals surface area (Å²) in [5.74, 6) is 2.05. The zero-order valence-corrected chi connectivity index (χ0v) is 12.0. The average Bonchev–Trinajstić information content (AvgIpc) is 2.34. The second-order valence-electron chi connectivity index (χ2n) is 4.03. The zero-order valence-electron chi connectivity index (χ0n) is 11.2. The van der Waals surface area contributed by atoms with Gasteiger partial charge in [0.15, 0.2) is 0 Å². The summed E-state index contributed by atoms with van der Waals surface area (Å²) in [4.78, 5) is 2.22. The van der Waals surface area contributed by atoms with E-state index in [2.05, 4.69) is 24.1 Å². The van der Waals surface area contributed by atoms with Gasteiger partial charge in [-0.25, -0.2) is 0 Å². The van der Waals surface area contributed by atoms with Crippen LogP contribution in [0.4, 0.5) is 0 Å². The van der Waals surface area contributed by atoms with Gasteiger partial charge in [0.1, 0.15) is 0 Å². The Hall–Kier alpha value is 0.190. The van der Waals surface area contributed by atoms with Gasteiger partial charge in [-0.2, -0.15) is 11.8 Å². The maximum atomic E-state index is 9.78. The average molecular weight is 264 g/mol. The molecule has 0 aliphatic rings. The van der Waals surface area contributed by atoms with E-state index in [4.69, 9.17) is 5.11 Å². The molecule has 0 spiro atoms. The molecule has 0 saturated heterocycles. The summed E-state index contributed by atoms with van der Waals surface area (Å²) in [5, 5.41) is 21.6. The lowest BCUT2D eigenvalue weighted by atomic mass is 10.3. The number of aliphatic hydroxyl groups excluding tert-OH is 2. The topological polar surface area (TPSA) is 55.7 Å². The molecular weight excluding hydrogens is 236 g/mol. The Morgan fingerprint density at radius 1 is 1.24 bits per heavy atom. The predicted molar refractivity (Wildman–Crippen MR) is 75.7 cm³/mol. The molecule has 1 atom stereocenters. The van der Waals surface area contributed by atoms with Crippen LogP contribution in [-0.4, -0.2) is 72.1 Å². The number of nitrogens with zero attached hydrogens (tertiary/aromatic N) is 1. The molecule has 0 aliphatic carbocycles. The fraction of sp³-hybridized carbons (Fsp3) is 1.00. The molecule has 4 nitrogen and oxygen atoms in total. The standard InChI is InChI=1S/C12H28N2O2S/c1-3-14(4-2)11-12(16)10-13-6-9-17-8-5-7-15/h12-13,15-16H,3-11H2,1-2H3. The minimum absolute atomic E-state index is 0.280. The van der Waals surface area contributed by atoms with Gasteiger partial charge in [0, 0.05) is 32.0 Å². The van der Waals surface area contributed by atoms with E-state index in [0.29, 0.717) is 6.54 Å². The molecule has 0 bridgehead atoms. The highest BCUT2D eigenvalue weighted by atomic mass is 32.2. The van der Waals surface area contributed by atoms with Gasteiger partial charge in [0.2, 0.25) is 0 Å². The van der Waals surface area contributed by atoms with Gasteiger partial charge in [0.25, 0.3) is 0 Å². The lowest BCUT2D eigenvalue weighted by Crippen LogP contribution is -2.38. The monoisotopic (exact) mass is 264 g/mol. The smallest absolute Gasteiger partial charge is 0.0791 e. The van der Waals surface area contributed by atoms with Gasteiger partial charge in [0.05, 0.1) is 6.10 Å². The van der Waals surface area contributed by atoms with Crippen molar-refractivity contribution < 1.29 is 10.2 Å². The number of hydrogen-bond donors (Lipinski definition) is 3.